The van der Waals surface area contributed by atoms with Gasteiger partial charge in [-0.25, -0.2) is 15.0 Å². The van der Waals surface area contributed by atoms with E-state index in [1.165, 1.54) is 5.56 Å². The van der Waals surface area contributed by atoms with Crippen LogP contribution < -0.4 is 5.32 Å². The van der Waals surface area contributed by atoms with Crippen LogP contribution in [-0.4, -0.2) is 15.0 Å². The van der Waals surface area contributed by atoms with E-state index in [0.717, 1.165) is 26.1 Å². The highest BCUT2D eigenvalue weighted by Crippen LogP contribution is 2.24. The molecule has 0 aliphatic carbocycles. The normalized spacial score (nSPS) is 10.4. The Morgan fingerprint density at radius 3 is 2.59 bits per heavy atom. The van der Waals surface area contributed by atoms with Crippen LogP contribution in [-0.2, 0) is 5.75 Å². The molecule has 0 spiro atoms. The van der Waals surface area contributed by atoms with Gasteiger partial charge in [0, 0.05) is 18.1 Å². The summed E-state index contributed by atoms with van der Waals surface area (Å²) in [5, 5.41) is 3.98. The van der Waals surface area contributed by atoms with Crippen molar-refractivity contribution >= 4 is 46.0 Å². The van der Waals surface area contributed by atoms with Crippen molar-refractivity contribution in [2.45, 2.75) is 10.9 Å². The third-order valence-electron chi connectivity index (χ3n) is 2.84. The van der Waals surface area contributed by atoms with Crippen molar-refractivity contribution in [3.05, 3.63) is 70.1 Å². The van der Waals surface area contributed by atoms with Gasteiger partial charge in [0.05, 0.1) is 3.57 Å². The van der Waals surface area contributed by atoms with Gasteiger partial charge in [0.25, 0.3) is 0 Å². The quantitative estimate of drug-likeness (QED) is 0.374. The van der Waals surface area contributed by atoms with Crippen molar-refractivity contribution in [2.24, 2.45) is 0 Å². The minimum Gasteiger partial charge on any atom is -0.324 e. The number of aromatic nitrogens is 3. The molecule has 2 heterocycles. The smallest absolute Gasteiger partial charge is 0.189 e. The molecule has 110 valence electrons. The minimum absolute atomic E-state index is 0.753. The standard InChI is InChI=1S/C16H13IN4S/c17-13-10-19-16(22-11-12-6-2-1-3-7-12)21-15(13)20-14-8-4-5-9-18-14/h1-10H,11H2,(H,18,19,20,21). The Balaban J connectivity index is 1.72. The molecule has 4 nitrogen and oxygen atoms in total. The molecule has 0 saturated heterocycles. The Morgan fingerprint density at radius 1 is 1.00 bits per heavy atom. The largest absolute Gasteiger partial charge is 0.324 e. The Hall–Kier alpha value is -1.67. The van der Waals surface area contributed by atoms with Crippen LogP contribution in [0.25, 0.3) is 0 Å². The minimum atomic E-state index is 0.753. The monoisotopic (exact) mass is 420 g/mol. The van der Waals surface area contributed by atoms with E-state index in [0.29, 0.717) is 0 Å². The molecule has 0 bridgehead atoms. The van der Waals surface area contributed by atoms with Gasteiger partial charge >= 0.3 is 0 Å². The van der Waals surface area contributed by atoms with Crippen molar-refractivity contribution < 1.29 is 0 Å². The molecule has 0 aliphatic rings. The first-order chi connectivity index (χ1) is 10.8. The number of thioether (sulfide) groups is 1. The molecule has 0 atom stereocenters. The van der Waals surface area contributed by atoms with Crippen LogP contribution in [0.15, 0.2) is 66.1 Å². The lowest BCUT2D eigenvalue weighted by Crippen LogP contribution is -2.00. The Labute approximate surface area is 147 Å². The summed E-state index contributed by atoms with van der Waals surface area (Å²) in [6.45, 7) is 0. The Kier molecular flexibility index (Phi) is 5.23. The van der Waals surface area contributed by atoms with Crippen molar-refractivity contribution in [2.75, 3.05) is 5.32 Å². The third-order valence-corrected chi connectivity index (χ3v) is 4.57. The molecule has 0 fully saturated rings. The predicted molar refractivity (Wildman–Crippen MR) is 98.3 cm³/mol. The number of halogens is 1. The number of nitrogens with one attached hydrogen (secondary N) is 1. The first kappa shape index (κ1) is 15.2. The zero-order chi connectivity index (χ0) is 15.2. The van der Waals surface area contributed by atoms with Gasteiger partial charge in [-0.3, -0.25) is 0 Å². The first-order valence-electron chi connectivity index (χ1n) is 6.68. The highest BCUT2D eigenvalue weighted by atomic mass is 127. The van der Waals surface area contributed by atoms with Gasteiger partial charge < -0.3 is 5.32 Å². The zero-order valence-electron chi connectivity index (χ0n) is 11.6. The molecule has 0 radical (unpaired) electrons. The summed E-state index contributed by atoms with van der Waals surface area (Å²) in [5.41, 5.74) is 1.26. The first-order valence-corrected chi connectivity index (χ1v) is 8.75. The molecule has 0 saturated carbocycles. The predicted octanol–water partition coefficient (Wildman–Crippen LogP) is 4.51. The average molecular weight is 420 g/mol. The molecule has 0 amide bonds. The summed E-state index contributed by atoms with van der Waals surface area (Å²) in [5.74, 6) is 2.41. The number of hydrogen-bond acceptors (Lipinski definition) is 5. The lowest BCUT2D eigenvalue weighted by atomic mass is 10.2. The van der Waals surface area contributed by atoms with E-state index >= 15 is 0 Å². The molecule has 6 heteroatoms. The second-order valence-electron chi connectivity index (χ2n) is 4.46. The number of rotatable bonds is 5. The number of anilines is 2. The van der Waals surface area contributed by atoms with Crippen molar-refractivity contribution in [1.29, 1.82) is 0 Å². The molecule has 0 aliphatic heterocycles. The van der Waals surface area contributed by atoms with E-state index in [2.05, 4.69) is 55.0 Å². The van der Waals surface area contributed by atoms with Gasteiger partial charge in [-0.2, -0.15) is 0 Å². The maximum atomic E-state index is 4.58. The number of benzene rings is 1. The molecule has 3 rings (SSSR count). The third kappa shape index (κ3) is 4.17. The van der Waals surface area contributed by atoms with Crippen LogP contribution in [0.1, 0.15) is 5.56 Å². The summed E-state index contributed by atoms with van der Waals surface area (Å²) >= 11 is 3.84. The Bertz CT molecular complexity index is 738. The van der Waals surface area contributed by atoms with Crippen LogP contribution in [0.5, 0.6) is 0 Å². The average Bonchev–Trinajstić information content (AvgIpc) is 2.57. The molecular weight excluding hydrogens is 407 g/mol. The number of nitrogens with zero attached hydrogens (tertiary/aromatic N) is 3. The molecule has 3 aromatic rings. The van der Waals surface area contributed by atoms with Crippen molar-refractivity contribution in [1.82, 2.24) is 15.0 Å². The molecule has 1 aromatic carbocycles. The molecule has 2 aromatic heterocycles. The van der Waals surface area contributed by atoms with Gasteiger partial charge in [0.1, 0.15) is 11.6 Å². The lowest BCUT2D eigenvalue weighted by Gasteiger charge is -2.08. The van der Waals surface area contributed by atoms with E-state index in [-0.39, 0.29) is 0 Å². The van der Waals surface area contributed by atoms with Crippen LogP contribution in [0.2, 0.25) is 0 Å². The van der Waals surface area contributed by atoms with Gasteiger partial charge in [-0.1, -0.05) is 48.2 Å². The van der Waals surface area contributed by atoms with Crippen molar-refractivity contribution in [3.8, 4) is 0 Å². The fraction of sp³-hybridized carbons (Fsp3) is 0.0625. The maximum Gasteiger partial charge on any atom is 0.189 e. The highest BCUT2D eigenvalue weighted by molar-refractivity contribution is 14.1. The van der Waals surface area contributed by atoms with E-state index in [4.69, 9.17) is 0 Å². The van der Waals surface area contributed by atoms with E-state index in [1.807, 2.05) is 42.6 Å². The summed E-state index contributed by atoms with van der Waals surface area (Å²) in [6, 6.07) is 16.0. The fourth-order valence-corrected chi connectivity index (χ4v) is 2.95. The fourth-order valence-electron chi connectivity index (χ4n) is 1.79. The maximum absolute atomic E-state index is 4.58. The molecular formula is C16H13IN4S. The van der Waals surface area contributed by atoms with Gasteiger partial charge in [-0.05, 0) is 40.3 Å². The van der Waals surface area contributed by atoms with Gasteiger partial charge in [0.15, 0.2) is 5.16 Å². The van der Waals surface area contributed by atoms with E-state index in [1.54, 1.807) is 18.0 Å². The molecule has 22 heavy (non-hydrogen) atoms. The van der Waals surface area contributed by atoms with Gasteiger partial charge in [-0.15, -0.1) is 0 Å². The zero-order valence-corrected chi connectivity index (χ0v) is 14.6. The molecule has 1 N–H and O–H groups in total. The van der Waals surface area contributed by atoms with Crippen LogP contribution in [0.3, 0.4) is 0 Å². The number of hydrogen-bond donors (Lipinski definition) is 1. The second-order valence-corrected chi connectivity index (χ2v) is 6.57. The van der Waals surface area contributed by atoms with Crippen LogP contribution in [0.4, 0.5) is 11.6 Å². The van der Waals surface area contributed by atoms with Crippen molar-refractivity contribution in [3.63, 3.8) is 0 Å². The SMILES string of the molecule is Ic1cnc(SCc2ccccc2)nc1Nc1ccccn1. The highest BCUT2D eigenvalue weighted by Gasteiger charge is 2.07. The second kappa shape index (κ2) is 7.55. The number of pyridine rings is 1. The van der Waals surface area contributed by atoms with Gasteiger partial charge in [0.2, 0.25) is 0 Å². The summed E-state index contributed by atoms with van der Waals surface area (Å²) < 4.78 is 0.965. The van der Waals surface area contributed by atoms with E-state index < -0.39 is 0 Å². The topological polar surface area (TPSA) is 50.7 Å². The summed E-state index contributed by atoms with van der Waals surface area (Å²) in [6.07, 6.45) is 3.58. The lowest BCUT2D eigenvalue weighted by molar-refractivity contribution is 0.961. The summed E-state index contributed by atoms with van der Waals surface area (Å²) in [4.78, 5) is 13.2. The summed E-state index contributed by atoms with van der Waals surface area (Å²) in [7, 11) is 0. The molecule has 0 unspecified atom stereocenters. The van der Waals surface area contributed by atoms with Crippen LogP contribution >= 0.6 is 34.4 Å². The van der Waals surface area contributed by atoms with E-state index in [9.17, 15) is 0 Å². The van der Waals surface area contributed by atoms with Crippen LogP contribution in [0, 0.1) is 3.57 Å². The Morgan fingerprint density at radius 2 is 1.82 bits per heavy atom.